The largest absolute Gasteiger partial charge is 0.462 e. The molecule has 0 aromatic rings. The molecule has 1 atom stereocenters. The summed E-state index contributed by atoms with van der Waals surface area (Å²) >= 11 is 0. The first-order valence-corrected chi connectivity index (χ1v) is 32.9. The van der Waals surface area contributed by atoms with Gasteiger partial charge in [-0.05, 0) is 122 Å². The number of allylic oxidation sites excluding steroid dienone is 18. The summed E-state index contributed by atoms with van der Waals surface area (Å²) in [6.07, 6.45) is 89.5. The number of hydrogen-bond acceptors (Lipinski definition) is 6. The van der Waals surface area contributed by atoms with Gasteiger partial charge in [-0.1, -0.05) is 278 Å². The van der Waals surface area contributed by atoms with Crippen molar-refractivity contribution in [2.75, 3.05) is 13.2 Å². The summed E-state index contributed by atoms with van der Waals surface area (Å²) in [7, 11) is 0. The molecule has 6 nitrogen and oxygen atoms in total. The molecule has 0 bridgehead atoms. The highest BCUT2D eigenvalue weighted by Crippen LogP contribution is 2.16. The molecule has 0 spiro atoms. The van der Waals surface area contributed by atoms with Crippen LogP contribution in [0.1, 0.15) is 310 Å². The molecule has 0 aromatic carbocycles. The van der Waals surface area contributed by atoms with Gasteiger partial charge in [0.25, 0.3) is 0 Å². The van der Waals surface area contributed by atoms with Crippen LogP contribution in [0.4, 0.5) is 0 Å². The van der Waals surface area contributed by atoms with Gasteiger partial charge in [0, 0.05) is 19.3 Å². The monoisotopic (exact) mass is 1080 g/mol. The van der Waals surface area contributed by atoms with Gasteiger partial charge in [-0.2, -0.15) is 0 Å². The highest BCUT2D eigenvalue weighted by molar-refractivity contribution is 5.71. The molecule has 0 rings (SSSR count). The minimum Gasteiger partial charge on any atom is -0.462 e. The minimum absolute atomic E-state index is 0.0874. The van der Waals surface area contributed by atoms with Gasteiger partial charge < -0.3 is 14.2 Å². The van der Waals surface area contributed by atoms with Crippen LogP contribution in [-0.4, -0.2) is 37.2 Å². The van der Waals surface area contributed by atoms with Crippen molar-refractivity contribution >= 4 is 17.9 Å². The quantitative estimate of drug-likeness (QED) is 0.0261. The van der Waals surface area contributed by atoms with Gasteiger partial charge in [-0.15, -0.1) is 0 Å². The first kappa shape index (κ1) is 74.1. The van der Waals surface area contributed by atoms with Crippen molar-refractivity contribution in [3.8, 4) is 0 Å². The van der Waals surface area contributed by atoms with Crippen molar-refractivity contribution in [1.82, 2.24) is 0 Å². The summed E-state index contributed by atoms with van der Waals surface area (Å²) in [6, 6.07) is 0. The maximum absolute atomic E-state index is 12.9. The van der Waals surface area contributed by atoms with Gasteiger partial charge in [-0.25, -0.2) is 0 Å². The van der Waals surface area contributed by atoms with Crippen LogP contribution in [0.2, 0.25) is 0 Å². The lowest BCUT2D eigenvalue weighted by Gasteiger charge is -2.18. The van der Waals surface area contributed by atoms with Crippen LogP contribution >= 0.6 is 0 Å². The second-order valence-electron chi connectivity index (χ2n) is 21.6. The molecular formula is C72H122O6. The molecule has 0 N–H and O–H groups in total. The lowest BCUT2D eigenvalue weighted by Crippen LogP contribution is -2.30. The molecule has 78 heavy (non-hydrogen) atoms. The highest BCUT2D eigenvalue weighted by atomic mass is 16.6. The molecule has 0 saturated heterocycles. The minimum atomic E-state index is -0.793. The fourth-order valence-corrected chi connectivity index (χ4v) is 9.13. The molecular weight excluding hydrogens is 961 g/mol. The molecule has 6 heteroatoms. The number of esters is 3. The van der Waals surface area contributed by atoms with Crippen LogP contribution in [0.5, 0.6) is 0 Å². The van der Waals surface area contributed by atoms with Crippen LogP contribution in [0.25, 0.3) is 0 Å². The molecule has 0 aromatic heterocycles. The predicted molar refractivity (Wildman–Crippen MR) is 339 cm³/mol. The van der Waals surface area contributed by atoms with E-state index in [9.17, 15) is 14.4 Å². The molecule has 0 heterocycles. The fraction of sp³-hybridized carbons (Fsp3) is 0.708. The van der Waals surface area contributed by atoms with Crippen molar-refractivity contribution < 1.29 is 28.6 Å². The molecule has 446 valence electrons. The van der Waals surface area contributed by atoms with E-state index in [2.05, 4.69) is 130 Å². The van der Waals surface area contributed by atoms with Gasteiger partial charge in [-0.3, -0.25) is 14.4 Å². The van der Waals surface area contributed by atoms with E-state index >= 15 is 0 Å². The molecule has 0 fully saturated rings. The van der Waals surface area contributed by atoms with Gasteiger partial charge in [0.2, 0.25) is 0 Å². The Morgan fingerprint density at radius 3 is 0.795 bits per heavy atom. The fourth-order valence-electron chi connectivity index (χ4n) is 9.13. The zero-order chi connectivity index (χ0) is 56.4. The van der Waals surface area contributed by atoms with Crippen LogP contribution in [0.3, 0.4) is 0 Å². The third kappa shape index (κ3) is 62.9. The molecule has 0 radical (unpaired) electrons. The second-order valence-corrected chi connectivity index (χ2v) is 21.6. The number of hydrogen-bond donors (Lipinski definition) is 0. The summed E-state index contributed by atoms with van der Waals surface area (Å²) in [5.41, 5.74) is 0. The van der Waals surface area contributed by atoms with Crippen molar-refractivity contribution in [3.05, 3.63) is 109 Å². The van der Waals surface area contributed by atoms with Crippen LogP contribution in [0, 0.1) is 0 Å². The zero-order valence-corrected chi connectivity index (χ0v) is 51.2. The maximum atomic E-state index is 12.9. The first-order valence-electron chi connectivity index (χ1n) is 32.9. The summed E-state index contributed by atoms with van der Waals surface area (Å²) in [5.74, 6) is -0.902. The van der Waals surface area contributed by atoms with E-state index < -0.39 is 6.10 Å². The second kappa shape index (κ2) is 65.6. The standard InChI is InChI=1S/C72H122O6/c1-4-7-10-13-16-19-22-25-28-31-33-34-35-36-37-38-40-41-44-47-50-53-56-59-62-65-71(74)77-68-69(67-76-70(73)64-61-58-55-52-49-46-43-30-27-24-21-18-15-12-9-6-3)78-72(75)66-63-60-57-54-51-48-45-42-39-32-29-26-23-20-17-14-11-8-5-2/h7-8,10-11,16-17,19-20,25-26,28-30,33-34,39,42-43,69H,4-6,9,12-15,18,21-24,27,31-32,35-38,40-41,44-68H2,1-3H3/b10-7-,11-8-,19-16-,20-17-,28-25-,29-26-,34-33-,42-39-,43-30-. The van der Waals surface area contributed by atoms with Crippen molar-refractivity contribution in [1.29, 1.82) is 0 Å². The molecule has 0 aliphatic heterocycles. The average Bonchev–Trinajstić information content (AvgIpc) is 3.44. The van der Waals surface area contributed by atoms with Crippen molar-refractivity contribution in [2.45, 2.75) is 316 Å². The molecule has 0 saturated carbocycles. The van der Waals surface area contributed by atoms with Crippen molar-refractivity contribution in [2.24, 2.45) is 0 Å². The Morgan fingerprint density at radius 1 is 0.269 bits per heavy atom. The number of carbonyl (C=O) groups is 3. The van der Waals surface area contributed by atoms with E-state index in [-0.39, 0.29) is 31.1 Å². The van der Waals surface area contributed by atoms with E-state index in [1.54, 1.807) is 0 Å². The van der Waals surface area contributed by atoms with Crippen LogP contribution < -0.4 is 0 Å². The number of unbranched alkanes of at least 4 members (excludes halogenated alkanes) is 30. The topological polar surface area (TPSA) is 78.9 Å². The van der Waals surface area contributed by atoms with Crippen LogP contribution in [-0.2, 0) is 28.6 Å². The first-order chi connectivity index (χ1) is 38.5. The predicted octanol–water partition coefficient (Wildman–Crippen LogP) is 22.6. The summed E-state index contributed by atoms with van der Waals surface area (Å²) < 4.78 is 16.9. The Kier molecular flexibility index (Phi) is 62.3. The highest BCUT2D eigenvalue weighted by Gasteiger charge is 2.19. The Hall–Kier alpha value is -3.93. The van der Waals surface area contributed by atoms with E-state index in [1.807, 2.05) is 0 Å². The van der Waals surface area contributed by atoms with Crippen LogP contribution in [0.15, 0.2) is 109 Å². The van der Waals surface area contributed by atoms with Gasteiger partial charge in [0.15, 0.2) is 6.10 Å². The van der Waals surface area contributed by atoms with E-state index in [4.69, 9.17) is 14.2 Å². The SMILES string of the molecule is CC/C=C\C/C=C\C/C=C\C/C=C\CCCCCCCCCCCCCCC(=O)OCC(COC(=O)CCCCCCC/C=C\CCCCCCCCC)OC(=O)CCCCCCCC/C=C\C/C=C\C/C=C\C/C=C\CC. The normalized spacial score (nSPS) is 12.8. The number of rotatable bonds is 59. The molecule has 0 amide bonds. The molecule has 1 unspecified atom stereocenters. The Labute approximate surface area is 482 Å². The number of ether oxygens (including phenoxy) is 3. The Bertz CT molecular complexity index is 1570. The number of carbonyl (C=O) groups excluding carboxylic acids is 3. The third-order valence-electron chi connectivity index (χ3n) is 14.0. The van der Waals surface area contributed by atoms with E-state index in [0.29, 0.717) is 19.3 Å². The van der Waals surface area contributed by atoms with Gasteiger partial charge >= 0.3 is 17.9 Å². The Morgan fingerprint density at radius 2 is 0.500 bits per heavy atom. The Balaban J connectivity index is 4.38. The van der Waals surface area contributed by atoms with Crippen molar-refractivity contribution in [3.63, 3.8) is 0 Å². The lowest BCUT2D eigenvalue weighted by atomic mass is 10.0. The van der Waals surface area contributed by atoms with Gasteiger partial charge in [0.05, 0.1) is 0 Å². The summed E-state index contributed by atoms with van der Waals surface area (Å²) in [4.78, 5) is 38.4. The van der Waals surface area contributed by atoms with E-state index in [1.165, 1.54) is 141 Å². The third-order valence-corrected chi connectivity index (χ3v) is 14.0. The van der Waals surface area contributed by atoms with Gasteiger partial charge in [0.1, 0.15) is 13.2 Å². The smallest absolute Gasteiger partial charge is 0.306 e. The molecule has 0 aliphatic carbocycles. The lowest BCUT2D eigenvalue weighted by molar-refractivity contribution is -0.167. The molecule has 0 aliphatic rings. The zero-order valence-electron chi connectivity index (χ0n) is 51.2. The summed E-state index contributed by atoms with van der Waals surface area (Å²) in [6.45, 7) is 6.42. The summed E-state index contributed by atoms with van der Waals surface area (Å²) in [5, 5.41) is 0. The van der Waals surface area contributed by atoms with E-state index in [0.717, 1.165) is 128 Å². The average molecular weight is 1080 g/mol. The maximum Gasteiger partial charge on any atom is 0.306 e.